The summed E-state index contributed by atoms with van der Waals surface area (Å²) >= 11 is 0.780. The first-order valence-corrected chi connectivity index (χ1v) is 6.81. The predicted octanol–water partition coefficient (Wildman–Crippen LogP) is -1.76. The molecule has 1 aliphatic heterocycles. The number of ether oxygens (including phenoxy) is 1. The first-order chi connectivity index (χ1) is 9.44. The maximum absolute atomic E-state index is 9.80. The summed E-state index contributed by atoms with van der Waals surface area (Å²) in [6.07, 6.45) is -5.13. The number of aliphatic hydroxyl groups is 5. The minimum Gasteiger partial charge on any atom is -0.410 e. The maximum atomic E-state index is 9.80. The Labute approximate surface area is 120 Å². The number of thioether (sulfide) groups is 1. The molecule has 0 spiro atoms. The highest BCUT2D eigenvalue weighted by molar-refractivity contribution is 8.14. The third-order valence-corrected chi connectivity index (χ3v) is 4.01. The third-order valence-electron chi connectivity index (χ3n) is 2.87. The molecule has 0 unspecified atom stereocenters. The SMILES string of the molecule is C=C[C@H](O)CC(=NO)S[C@@H]1O[C@H](CO)[C@@H](O)[C@H](O)[C@H]1O. The minimum absolute atomic E-state index is 0.0420. The van der Waals surface area contributed by atoms with E-state index in [-0.39, 0.29) is 11.5 Å². The van der Waals surface area contributed by atoms with E-state index in [1.807, 2.05) is 0 Å². The lowest BCUT2D eigenvalue weighted by Crippen LogP contribution is -2.57. The molecule has 8 nitrogen and oxygen atoms in total. The molecule has 0 aromatic rings. The number of hydrogen-bond donors (Lipinski definition) is 6. The molecule has 0 bridgehead atoms. The summed E-state index contributed by atoms with van der Waals surface area (Å²) in [5.41, 5.74) is -1.05. The summed E-state index contributed by atoms with van der Waals surface area (Å²) in [7, 11) is 0. The summed E-state index contributed by atoms with van der Waals surface area (Å²) in [5.74, 6) is 0. The van der Waals surface area contributed by atoms with Crippen LogP contribution in [0.25, 0.3) is 0 Å². The van der Waals surface area contributed by atoms with E-state index in [9.17, 15) is 20.4 Å². The van der Waals surface area contributed by atoms with Crippen LogP contribution in [0.3, 0.4) is 0 Å². The van der Waals surface area contributed by atoms with Gasteiger partial charge in [-0.2, -0.15) is 0 Å². The minimum atomic E-state index is -1.50. The number of aliphatic hydroxyl groups excluding tert-OH is 5. The van der Waals surface area contributed by atoms with Gasteiger partial charge in [0.2, 0.25) is 0 Å². The Hall–Kier alpha value is -0.680. The second kappa shape index (κ2) is 7.93. The molecule has 1 rings (SSSR count). The molecule has 0 saturated carbocycles. The summed E-state index contributed by atoms with van der Waals surface area (Å²) in [5, 5.41) is 59.3. The van der Waals surface area contributed by atoms with Crippen molar-refractivity contribution in [3.8, 4) is 0 Å². The van der Waals surface area contributed by atoms with Gasteiger partial charge in [0.15, 0.2) is 0 Å². The fourth-order valence-corrected chi connectivity index (χ4v) is 2.75. The highest BCUT2D eigenvalue weighted by atomic mass is 32.2. The molecule has 6 atom stereocenters. The quantitative estimate of drug-likeness (QED) is 0.115. The number of hydrogen-bond acceptors (Lipinski definition) is 9. The van der Waals surface area contributed by atoms with Crippen LogP contribution in [0.15, 0.2) is 17.8 Å². The zero-order valence-electron chi connectivity index (χ0n) is 10.6. The number of nitrogens with zero attached hydrogens (tertiary/aromatic N) is 1. The standard InChI is InChI=1S/C11H19NO7S/c1-2-5(14)3-7(12-18)20-11-10(17)9(16)8(15)6(4-13)19-11/h2,5-6,8-11,13-18H,1,3-4H2/t5-,6+,8+,9-,10+,11-/m0/s1. The molecule has 116 valence electrons. The maximum Gasteiger partial charge on any atom is 0.138 e. The van der Waals surface area contributed by atoms with Crippen LogP contribution in [0.5, 0.6) is 0 Å². The van der Waals surface area contributed by atoms with E-state index < -0.39 is 42.6 Å². The van der Waals surface area contributed by atoms with Crippen LogP contribution in [0.1, 0.15) is 6.42 Å². The van der Waals surface area contributed by atoms with E-state index in [2.05, 4.69) is 11.7 Å². The van der Waals surface area contributed by atoms with Crippen LogP contribution in [-0.2, 0) is 4.74 Å². The monoisotopic (exact) mass is 309 g/mol. The van der Waals surface area contributed by atoms with Gasteiger partial charge in [-0.3, -0.25) is 0 Å². The fourth-order valence-electron chi connectivity index (χ4n) is 1.67. The average Bonchev–Trinajstić information content (AvgIpc) is 2.46. The molecule has 0 aromatic carbocycles. The van der Waals surface area contributed by atoms with Gasteiger partial charge in [-0.05, 0) is 0 Å². The van der Waals surface area contributed by atoms with Crippen LogP contribution in [-0.4, -0.2) is 78.3 Å². The largest absolute Gasteiger partial charge is 0.410 e. The molecule has 1 saturated heterocycles. The molecule has 0 aliphatic carbocycles. The predicted molar refractivity (Wildman–Crippen MR) is 71.4 cm³/mol. The lowest BCUT2D eigenvalue weighted by atomic mass is 10.0. The second-order valence-corrected chi connectivity index (χ2v) is 5.49. The highest BCUT2D eigenvalue weighted by Crippen LogP contribution is 2.30. The Morgan fingerprint density at radius 3 is 2.45 bits per heavy atom. The Morgan fingerprint density at radius 1 is 1.30 bits per heavy atom. The molecule has 9 heteroatoms. The van der Waals surface area contributed by atoms with E-state index >= 15 is 0 Å². The summed E-state index contributed by atoms with van der Waals surface area (Å²) in [4.78, 5) is 0. The van der Waals surface area contributed by atoms with Crippen LogP contribution in [0, 0.1) is 0 Å². The van der Waals surface area contributed by atoms with Crippen LogP contribution < -0.4 is 0 Å². The zero-order valence-corrected chi connectivity index (χ0v) is 11.4. The van der Waals surface area contributed by atoms with Crippen molar-refractivity contribution in [3.63, 3.8) is 0 Å². The van der Waals surface area contributed by atoms with Crippen molar-refractivity contribution in [2.24, 2.45) is 5.16 Å². The smallest absolute Gasteiger partial charge is 0.138 e. The molecule has 6 N–H and O–H groups in total. The van der Waals surface area contributed by atoms with E-state index in [4.69, 9.17) is 15.1 Å². The van der Waals surface area contributed by atoms with Crippen LogP contribution in [0.2, 0.25) is 0 Å². The second-order valence-electron chi connectivity index (χ2n) is 4.32. The third kappa shape index (κ3) is 4.16. The molecular weight excluding hydrogens is 290 g/mol. The fraction of sp³-hybridized carbons (Fsp3) is 0.727. The van der Waals surface area contributed by atoms with Crippen molar-refractivity contribution < 1.29 is 35.5 Å². The van der Waals surface area contributed by atoms with Gasteiger partial charge in [0.1, 0.15) is 34.9 Å². The van der Waals surface area contributed by atoms with Gasteiger partial charge in [0.05, 0.1) is 12.7 Å². The molecular formula is C11H19NO7S. The van der Waals surface area contributed by atoms with Crippen molar-refractivity contribution in [1.82, 2.24) is 0 Å². The number of oxime groups is 1. The molecule has 1 aliphatic rings. The first kappa shape index (κ1) is 17.4. The average molecular weight is 309 g/mol. The summed E-state index contributed by atoms with van der Waals surface area (Å²) in [6, 6.07) is 0. The van der Waals surface area contributed by atoms with Gasteiger partial charge in [0.25, 0.3) is 0 Å². The molecule has 1 fully saturated rings. The van der Waals surface area contributed by atoms with E-state index in [0.29, 0.717) is 0 Å². The lowest BCUT2D eigenvalue weighted by Gasteiger charge is -2.39. The van der Waals surface area contributed by atoms with Crippen molar-refractivity contribution in [2.75, 3.05) is 6.61 Å². The molecule has 0 aromatic heterocycles. The number of rotatable bonds is 5. The topological polar surface area (TPSA) is 143 Å². The van der Waals surface area contributed by atoms with Crippen LogP contribution in [0.4, 0.5) is 0 Å². The van der Waals surface area contributed by atoms with E-state index in [1.165, 1.54) is 6.08 Å². The van der Waals surface area contributed by atoms with E-state index in [0.717, 1.165) is 11.8 Å². The zero-order chi connectivity index (χ0) is 15.3. The molecule has 0 radical (unpaired) electrons. The van der Waals surface area contributed by atoms with Gasteiger partial charge >= 0.3 is 0 Å². The van der Waals surface area contributed by atoms with Gasteiger partial charge < -0.3 is 35.5 Å². The summed E-state index contributed by atoms with van der Waals surface area (Å²) in [6.45, 7) is 2.84. The van der Waals surface area contributed by atoms with Crippen molar-refractivity contribution >= 4 is 16.8 Å². The van der Waals surface area contributed by atoms with Gasteiger partial charge in [-0.25, -0.2) is 0 Å². The Kier molecular flexibility index (Phi) is 6.89. The lowest BCUT2D eigenvalue weighted by molar-refractivity contribution is -0.205. The van der Waals surface area contributed by atoms with Crippen molar-refractivity contribution in [2.45, 2.75) is 42.4 Å². The Bertz CT molecular complexity index is 352. The van der Waals surface area contributed by atoms with Gasteiger partial charge in [0, 0.05) is 6.42 Å². The van der Waals surface area contributed by atoms with Gasteiger partial charge in [-0.1, -0.05) is 23.0 Å². The Morgan fingerprint density at radius 2 is 1.95 bits per heavy atom. The van der Waals surface area contributed by atoms with Crippen molar-refractivity contribution in [1.29, 1.82) is 0 Å². The molecule has 20 heavy (non-hydrogen) atoms. The molecule has 1 heterocycles. The highest BCUT2D eigenvalue weighted by Gasteiger charge is 2.44. The summed E-state index contributed by atoms with van der Waals surface area (Å²) < 4.78 is 5.23. The molecule has 0 amide bonds. The normalized spacial score (nSPS) is 36.6. The van der Waals surface area contributed by atoms with Crippen LogP contribution >= 0.6 is 11.8 Å². The van der Waals surface area contributed by atoms with Gasteiger partial charge in [-0.15, -0.1) is 6.58 Å². The first-order valence-electron chi connectivity index (χ1n) is 5.93. The van der Waals surface area contributed by atoms with E-state index in [1.54, 1.807) is 0 Å². The van der Waals surface area contributed by atoms with Crippen molar-refractivity contribution in [3.05, 3.63) is 12.7 Å². The Balaban J connectivity index is 2.71.